The molecule has 326 valence electrons. The number of hydrogen-bond acceptors (Lipinski definition) is 11. The van der Waals surface area contributed by atoms with Gasteiger partial charge in [0, 0.05) is 23.5 Å². The number of nitrogens with one attached hydrogen (secondary N) is 2. The average molecular weight is 887 g/mol. The number of benzene rings is 2. The lowest BCUT2D eigenvalue weighted by Gasteiger charge is -2.36. The number of imide groups is 2. The third-order valence-corrected chi connectivity index (χ3v) is 15.2. The standard InChI is InChI=1S/C44H48FN6O9PS/c1-3-22-59-41(55)27(2)48-61(58,60-33-13-5-4-6-14-33)37(45)28-15-18-35-30(23-28)24-36(62-35)38(52)47-25-29-10-7-8-11-31-16-17-34(49(31)39(29)53)40(54)51-43(57)50(32-12-9-21-46-26-32)42(56)44(51)19-20-44/h4-6,9,12-15,18,21,23-24,26-27,29,31,34,37H,3,7-8,10-11,16-17,19-20,22,25H2,1-2H3,(H,47,52)(H,48,58)/t27-,29?,31-,34-,37?,61?/m0/s1. The van der Waals surface area contributed by atoms with Gasteiger partial charge in [0.2, 0.25) is 11.8 Å². The Balaban J connectivity index is 0.961. The quantitative estimate of drug-likeness (QED) is 0.0737. The van der Waals surface area contributed by atoms with Gasteiger partial charge >= 0.3 is 19.5 Å². The smallest absolute Gasteiger partial charge is 0.355 e. The lowest BCUT2D eigenvalue weighted by molar-refractivity contribution is -0.148. The van der Waals surface area contributed by atoms with Crippen molar-refractivity contribution in [2.24, 2.45) is 5.92 Å². The first-order chi connectivity index (χ1) is 29.8. The number of alkyl halides is 1. The molecule has 3 aliphatic heterocycles. The highest BCUT2D eigenvalue weighted by molar-refractivity contribution is 7.57. The van der Waals surface area contributed by atoms with Crippen LogP contribution in [0.5, 0.6) is 5.75 Å². The van der Waals surface area contributed by atoms with Crippen LogP contribution in [0, 0.1) is 5.92 Å². The molecular weight excluding hydrogens is 839 g/mol. The molecule has 2 N–H and O–H groups in total. The number of thiophene rings is 1. The van der Waals surface area contributed by atoms with Gasteiger partial charge in [-0.25, -0.2) is 24.1 Å². The first kappa shape index (κ1) is 43.2. The summed E-state index contributed by atoms with van der Waals surface area (Å²) in [6.45, 7) is 3.40. The van der Waals surface area contributed by atoms with Crippen LogP contribution in [0.2, 0.25) is 0 Å². The Morgan fingerprint density at radius 1 is 1.00 bits per heavy atom. The summed E-state index contributed by atoms with van der Waals surface area (Å²) in [7, 11) is -4.46. The third-order valence-electron chi connectivity index (χ3n) is 12.0. The predicted molar refractivity (Wildman–Crippen MR) is 228 cm³/mol. The van der Waals surface area contributed by atoms with E-state index < -0.39 is 66.7 Å². The second kappa shape index (κ2) is 17.7. The lowest BCUT2D eigenvalue weighted by Crippen LogP contribution is -2.56. The van der Waals surface area contributed by atoms with Crippen LogP contribution in [0.4, 0.5) is 14.9 Å². The van der Waals surface area contributed by atoms with E-state index in [1.54, 1.807) is 47.4 Å². The fourth-order valence-corrected chi connectivity index (χ4v) is 11.6. The van der Waals surface area contributed by atoms with Gasteiger partial charge in [-0.05, 0) is 105 Å². The van der Waals surface area contributed by atoms with Crippen molar-refractivity contribution in [2.75, 3.05) is 18.1 Å². The van der Waals surface area contributed by atoms with E-state index >= 15 is 4.39 Å². The lowest BCUT2D eigenvalue weighted by atomic mass is 9.94. The average Bonchev–Trinajstić information content (AvgIpc) is 3.67. The molecule has 4 aliphatic rings. The number of carbonyl (C=O) groups excluding carboxylic acids is 6. The number of aromatic nitrogens is 1. The second-order valence-electron chi connectivity index (χ2n) is 16.3. The van der Waals surface area contributed by atoms with Crippen LogP contribution < -0.4 is 19.8 Å². The van der Waals surface area contributed by atoms with Crippen molar-refractivity contribution in [3.8, 4) is 5.75 Å². The highest BCUT2D eigenvalue weighted by atomic mass is 32.1. The van der Waals surface area contributed by atoms with Crippen molar-refractivity contribution in [3.05, 3.63) is 89.6 Å². The van der Waals surface area contributed by atoms with Crippen molar-refractivity contribution in [2.45, 2.75) is 101 Å². The van der Waals surface area contributed by atoms with Crippen LogP contribution in [-0.4, -0.2) is 87.2 Å². The molecule has 8 rings (SSSR count). The van der Waals surface area contributed by atoms with Crippen molar-refractivity contribution < 1.29 is 47.0 Å². The number of ether oxygens (including phenoxy) is 1. The Hall–Kier alpha value is -5.51. The zero-order valence-corrected chi connectivity index (χ0v) is 36.1. The van der Waals surface area contributed by atoms with Crippen molar-refractivity contribution in [1.82, 2.24) is 25.2 Å². The van der Waals surface area contributed by atoms with Crippen molar-refractivity contribution >= 4 is 70.3 Å². The van der Waals surface area contributed by atoms with Crippen LogP contribution in [0.3, 0.4) is 0 Å². The van der Waals surface area contributed by atoms with Crippen LogP contribution in [0.25, 0.3) is 10.1 Å². The molecule has 5 heterocycles. The summed E-state index contributed by atoms with van der Waals surface area (Å²) in [5.74, 6) is -5.17. The Bertz CT molecular complexity index is 2430. The van der Waals surface area contributed by atoms with Gasteiger partial charge in [-0.3, -0.25) is 33.5 Å². The second-order valence-corrected chi connectivity index (χ2v) is 19.5. The molecule has 62 heavy (non-hydrogen) atoms. The molecule has 0 bridgehead atoms. The first-order valence-electron chi connectivity index (χ1n) is 21.0. The molecule has 2 aromatic carbocycles. The highest BCUT2D eigenvalue weighted by Crippen LogP contribution is 2.58. The Labute approximate surface area is 361 Å². The number of hydrogen-bond donors (Lipinski definition) is 2. The Morgan fingerprint density at radius 2 is 1.77 bits per heavy atom. The van der Waals surface area contributed by atoms with E-state index in [-0.39, 0.29) is 42.1 Å². The summed E-state index contributed by atoms with van der Waals surface area (Å²) < 4.78 is 42.4. The maximum atomic E-state index is 16.5. The number of esters is 1. The first-order valence-corrected chi connectivity index (χ1v) is 23.6. The van der Waals surface area contributed by atoms with Crippen LogP contribution in [0.1, 0.15) is 92.8 Å². The molecule has 3 unspecified atom stereocenters. The molecule has 6 amide bonds. The fourth-order valence-electron chi connectivity index (χ4n) is 8.68. The molecule has 3 saturated heterocycles. The summed E-state index contributed by atoms with van der Waals surface area (Å²) in [5, 5.41) is 5.99. The SMILES string of the molecule is CCCOC(=O)[C@H](C)NP(=O)(Oc1ccccc1)C(F)c1ccc2sc(C(=O)NCC3CCCC[C@H]4CC[C@@H](C(=O)N5C(=O)N(c6cccnc6)C(=O)C56CC6)N4C3=O)cc2c1. The minimum absolute atomic E-state index is 0.00174. The van der Waals surface area contributed by atoms with E-state index in [4.69, 9.17) is 9.26 Å². The van der Waals surface area contributed by atoms with Gasteiger partial charge in [0.05, 0.1) is 29.3 Å². The summed E-state index contributed by atoms with van der Waals surface area (Å²) in [5.41, 5.74) is -0.974. The molecule has 0 radical (unpaired) electrons. The number of fused-ring (bicyclic) bond motifs is 2. The van der Waals surface area contributed by atoms with Gasteiger partial charge in [-0.2, -0.15) is 0 Å². The molecule has 4 fully saturated rings. The molecule has 18 heteroatoms. The monoisotopic (exact) mass is 886 g/mol. The molecule has 1 spiro atoms. The number of halogens is 1. The molecule has 1 aliphatic carbocycles. The van der Waals surface area contributed by atoms with E-state index in [0.29, 0.717) is 59.9 Å². The Kier molecular flexibility index (Phi) is 12.3. The molecule has 6 atom stereocenters. The van der Waals surface area contributed by atoms with Crippen LogP contribution in [0.15, 0.2) is 79.1 Å². The number of pyridine rings is 1. The van der Waals surface area contributed by atoms with Crippen LogP contribution in [-0.2, 0) is 28.5 Å². The van der Waals surface area contributed by atoms with E-state index in [1.807, 2.05) is 6.92 Å². The minimum atomic E-state index is -4.46. The van der Waals surface area contributed by atoms with Crippen molar-refractivity contribution in [3.63, 3.8) is 0 Å². The van der Waals surface area contributed by atoms with Gasteiger partial charge in [-0.15, -0.1) is 11.3 Å². The number of amides is 6. The highest BCUT2D eigenvalue weighted by Gasteiger charge is 2.68. The van der Waals surface area contributed by atoms with E-state index in [2.05, 4.69) is 15.4 Å². The number of rotatable bonds is 14. The number of nitrogens with zero attached hydrogens (tertiary/aromatic N) is 4. The van der Waals surface area contributed by atoms with Gasteiger partial charge in [-0.1, -0.05) is 44.0 Å². The summed E-state index contributed by atoms with van der Waals surface area (Å²) in [6.07, 6.45) is 7.88. The topological polar surface area (TPSA) is 185 Å². The summed E-state index contributed by atoms with van der Waals surface area (Å²) >= 11 is 1.17. The van der Waals surface area contributed by atoms with Gasteiger partial charge in [0.25, 0.3) is 17.7 Å². The normalized spacial score (nSPS) is 22.7. The number of para-hydroxylation sites is 1. The zero-order valence-electron chi connectivity index (χ0n) is 34.4. The van der Waals surface area contributed by atoms with Crippen molar-refractivity contribution in [1.29, 1.82) is 0 Å². The van der Waals surface area contributed by atoms with Crippen LogP contribution >= 0.6 is 18.9 Å². The summed E-state index contributed by atoms with van der Waals surface area (Å²) in [4.78, 5) is 90.5. The molecular formula is C44H48FN6O9PS. The van der Waals surface area contributed by atoms with Gasteiger partial charge in [0.1, 0.15) is 23.4 Å². The number of urea groups is 1. The van der Waals surface area contributed by atoms with Gasteiger partial charge < -0.3 is 19.5 Å². The maximum absolute atomic E-state index is 16.5. The number of carbonyl (C=O) groups is 6. The molecule has 15 nitrogen and oxygen atoms in total. The molecule has 4 aromatic rings. The molecule has 2 aromatic heterocycles. The van der Waals surface area contributed by atoms with E-state index in [0.717, 1.165) is 22.6 Å². The maximum Gasteiger partial charge on any atom is 0.355 e. The number of anilines is 1. The minimum Gasteiger partial charge on any atom is -0.465 e. The largest absolute Gasteiger partial charge is 0.465 e. The predicted octanol–water partition coefficient (Wildman–Crippen LogP) is 7.28. The zero-order chi connectivity index (χ0) is 43.8. The van der Waals surface area contributed by atoms with Gasteiger partial charge in [0.15, 0.2) is 0 Å². The van der Waals surface area contributed by atoms with E-state index in [1.165, 1.54) is 54.9 Å². The third kappa shape index (κ3) is 8.25. The Morgan fingerprint density at radius 3 is 2.50 bits per heavy atom. The summed E-state index contributed by atoms with van der Waals surface area (Å²) in [6, 6.07) is 14.4. The fraction of sp³-hybridized carbons (Fsp3) is 0.432. The molecule has 1 saturated carbocycles. The van der Waals surface area contributed by atoms with E-state index in [9.17, 15) is 33.3 Å².